The Hall–Kier alpha value is -2.29. The smallest absolute Gasteiger partial charge is 0.123 e. The van der Waals surface area contributed by atoms with Crippen molar-refractivity contribution in [2.45, 2.75) is 37.8 Å². The maximum Gasteiger partial charge on any atom is 0.123 e. The highest BCUT2D eigenvalue weighted by Crippen LogP contribution is 2.32. The standard InChI is InChI=1S/C20H20FNO/c21-17-5-9-19(10-6-17)23-20-11-7-18(8-12-20)22-13-15-3-1-2-4-16(15)14-22/h1-6,9-10,13-14,18,20H,7-8,11-12H2. The third-order valence-electron chi connectivity index (χ3n) is 4.75. The normalized spacial score (nSPS) is 21.4. The molecule has 0 N–H and O–H groups in total. The summed E-state index contributed by atoms with van der Waals surface area (Å²) in [4.78, 5) is 0. The molecule has 1 aromatic heterocycles. The molecule has 0 unspecified atom stereocenters. The number of hydrogen-bond donors (Lipinski definition) is 0. The number of nitrogens with zero attached hydrogens (tertiary/aromatic N) is 1. The first kappa shape index (κ1) is 14.3. The Labute approximate surface area is 135 Å². The Balaban J connectivity index is 1.39. The van der Waals surface area contributed by atoms with Crippen LogP contribution in [0.2, 0.25) is 0 Å². The van der Waals surface area contributed by atoms with Crippen LogP contribution < -0.4 is 4.74 Å². The Bertz CT molecular complexity index is 752. The molecule has 1 aliphatic carbocycles. The van der Waals surface area contributed by atoms with Crippen LogP contribution in [0.3, 0.4) is 0 Å². The second kappa shape index (κ2) is 6.07. The van der Waals surface area contributed by atoms with E-state index in [9.17, 15) is 4.39 Å². The summed E-state index contributed by atoms with van der Waals surface area (Å²) in [6.07, 6.45) is 9.05. The minimum atomic E-state index is -0.222. The second-order valence-electron chi connectivity index (χ2n) is 6.34. The van der Waals surface area contributed by atoms with Gasteiger partial charge in [0.2, 0.25) is 0 Å². The minimum absolute atomic E-state index is 0.222. The number of ether oxygens (including phenoxy) is 1. The van der Waals surface area contributed by atoms with Crippen molar-refractivity contribution >= 4 is 10.8 Å². The van der Waals surface area contributed by atoms with E-state index in [1.807, 2.05) is 0 Å². The highest BCUT2D eigenvalue weighted by Gasteiger charge is 2.23. The van der Waals surface area contributed by atoms with E-state index in [0.717, 1.165) is 31.4 Å². The number of fused-ring (bicyclic) bond motifs is 1. The molecule has 1 aliphatic rings. The first-order valence-corrected chi connectivity index (χ1v) is 8.26. The molecule has 0 aliphatic heterocycles. The number of benzene rings is 2. The Morgan fingerprint density at radius 3 is 2.04 bits per heavy atom. The van der Waals surface area contributed by atoms with E-state index in [2.05, 4.69) is 41.2 Å². The van der Waals surface area contributed by atoms with Crippen molar-refractivity contribution in [3.8, 4) is 5.75 Å². The van der Waals surface area contributed by atoms with Gasteiger partial charge in [-0.3, -0.25) is 0 Å². The van der Waals surface area contributed by atoms with Gasteiger partial charge >= 0.3 is 0 Å². The van der Waals surface area contributed by atoms with E-state index in [0.29, 0.717) is 6.04 Å². The Kier molecular flexibility index (Phi) is 3.78. The molecule has 0 spiro atoms. The van der Waals surface area contributed by atoms with Gasteiger partial charge in [0.05, 0.1) is 6.10 Å². The topological polar surface area (TPSA) is 14.2 Å². The van der Waals surface area contributed by atoms with Crippen molar-refractivity contribution in [2.24, 2.45) is 0 Å². The van der Waals surface area contributed by atoms with Gasteiger partial charge < -0.3 is 9.30 Å². The zero-order valence-corrected chi connectivity index (χ0v) is 13.0. The molecule has 1 fully saturated rings. The van der Waals surface area contributed by atoms with E-state index >= 15 is 0 Å². The lowest BCUT2D eigenvalue weighted by Gasteiger charge is -2.30. The molecule has 1 heterocycles. The lowest BCUT2D eigenvalue weighted by Crippen LogP contribution is -2.25. The van der Waals surface area contributed by atoms with Crippen LogP contribution in [0.25, 0.3) is 10.8 Å². The van der Waals surface area contributed by atoms with Gasteiger partial charge in [-0.05, 0) is 60.7 Å². The molecule has 3 aromatic rings. The predicted molar refractivity (Wildman–Crippen MR) is 90.3 cm³/mol. The predicted octanol–water partition coefficient (Wildman–Crippen LogP) is 5.34. The molecule has 2 aromatic carbocycles. The first-order valence-electron chi connectivity index (χ1n) is 8.26. The van der Waals surface area contributed by atoms with Gasteiger partial charge in [0.25, 0.3) is 0 Å². The number of rotatable bonds is 3. The molecule has 0 bridgehead atoms. The summed E-state index contributed by atoms with van der Waals surface area (Å²) in [5.41, 5.74) is 0. The van der Waals surface area contributed by atoms with Gasteiger partial charge in [0, 0.05) is 18.4 Å². The number of hydrogen-bond acceptors (Lipinski definition) is 1. The van der Waals surface area contributed by atoms with Crippen LogP contribution in [-0.4, -0.2) is 10.7 Å². The molecular formula is C20H20FNO. The molecule has 2 nitrogen and oxygen atoms in total. The van der Waals surface area contributed by atoms with Gasteiger partial charge in [-0.25, -0.2) is 4.39 Å². The Morgan fingerprint density at radius 1 is 0.826 bits per heavy atom. The monoisotopic (exact) mass is 309 g/mol. The van der Waals surface area contributed by atoms with Crippen LogP contribution >= 0.6 is 0 Å². The molecule has 1 saturated carbocycles. The van der Waals surface area contributed by atoms with Gasteiger partial charge in [0.1, 0.15) is 11.6 Å². The summed E-state index contributed by atoms with van der Waals surface area (Å²) >= 11 is 0. The van der Waals surface area contributed by atoms with Crippen molar-refractivity contribution < 1.29 is 9.13 Å². The largest absolute Gasteiger partial charge is 0.490 e. The number of halogens is 1. The van der Waals surface area contributed by atoms with Gasteiger partial charge in [-0.15, -0.1) is 0 Å². The summed E-state index contributed by atoms with van der Waals surface area (Å²) in [7, 11) is 0. The first-order chi connectivity index (χ1) is 11.3. The van der Waals surface area contributed by atoms with Gasteiger partial charge in [-0.2, -0.15) is 0 Å². The van der Waals surface area contributed by atoms with Crippen molar-refractivity contribution in [3.05, 3.63) is 66.7 Å². The summed E-state index contributed by atoms with van der Waals surface area (Å²) < 4.78 is 21.3. The molecule has 3 heteroatoms. The zero-order chi connectivity index (χ0) is 15.6. The molecule has 118 valence electrons. The zero-order valence-electron chi connectivity index (χ0n) is 13.0. The molecule has 4 rings (SSSR count). The molecular weight excluding hydrogens is 289 g/mol. The third-order valence-corrected chi connectivity index (χ3v) is 4.75. The quantitative estimate of drug-likeness (QED) is 0.636. The van der Waals surface area contributed by atoms with Crippen molar-refractivity contribution in [1.29, 1.82) is 0 Å². The van der Waals surface area contributed by atoms with Gasteiger partial charge in [0.15, 0.2) is 0 Å². The van der Waals surface area contributed by atoms with E-state index in [4.69, 9.17) is 4.74 Å². The molecule has 0 amide bonds. The van der Waals surface area contributed by atoms with E-state index in [1.54, 1.807) is 12.1 Å². The second-order valence-corrected chi connectivity index (χ2v) is 6.34. The van der Waals surface area contributed by atoms with Crippen molar-refractivity contribution in [3.63, 3.8) is 0 Å². The summed E-state index contributed by atoms with van der Waals surface area (Å²) in [5, 5.41) is 2.61. The summed E-state index contributed by atoms with van der Waals surface area (Å²) in [6, 6.07) is 15.4. The highest BCUT2D eigenvalue weighted by atomic mass is 19.1. The van der Waals surface area contributed by atoms with E-state index < -0.39 is 0 Å². The van der Waals surface area contributed by atoms with Crippen LogP contribution in [0.1, 0.15) is 31.7 Å². The van der Waals surface area contributed by atoms with E-state index in [1.165, 1.54) is 22.9 Å². The van der Waals surface area contributed by atoms with Crippen molar-refractivity contribution in [2.75, 3.05) is 0 Å². The van der Waals surface area contributed by atoms with Crippen LogP contribution in [0.15, 0.2) is 60.9 Å². The minimum Gasteiger partial charge on any atom is -0.490 e. The highest BCUT2D eigenvalue weighted by molar-refractivity contribution is 5.82. The maximum atomic E-state index is 12.9. The van der Waals surface area contributed by atoms with E-state index in [-0.39, 0.29) is 11.9 Å². The molecule has 23 heavy (non-hydrogen) atoms. The average Bonchev–Trinajstić information content (AvgIpc) is 3.02. The molecule has 0 saturated heterocycles. The van der Waals surface area contributed by atoms with Crippen LogP contribution in [0.5, 0.6) is 5.75 Å². The van der Waals surface area contributed by atoms with Crippen LogP contribution in [-0.2, 0) is 0 Å². The fourth-order valence-corrected chi connectivity index (χ4v) is 3.48. The summed E-state index contributed by atoms with van der Waals surface area (Å²) in [5.74, 6) is 0.544. The van der Waals surface area contributed by atoms with Gasteiger partial charge in [-0.1, -0.05) is 24.3 Å². The SMILES string of the molecule is Fc1ccc(OC2CCC(n3cc4ccccc4c3)CC2)cc1. The van der Waals surface area contributed by atoms with Crippen LogP contribution in [0.4, 0.5) is 4.39 Å². The van der Waals surface area contributed by atoms with Crippen LogP contribution in [0, 0.1) is 5.82 Å². The summed E-state index contributed by atoms with van der Waals surface area (Å²) in [6.45, 7) is 0. The average molecular weight is 309 g/mol. The molecule has 0 atom stereocenters. The third kappa shape index (κ3) is 3.09. The number of aromatic nitrogens is 1. The fourth-order valence-electron chi connectivity index (χ4n) is 3.48. The fraction of sp³-hybridized carbons (Fsp3) is 0.300. The maximum absolute atomic E-state index is 12.9. The van der Waals surface area contributed by atoms with Crippen molar-refractivity contribution in [1.82, 2.24) is 4.57 Å². The Morgan fingerprint density at radius 2 is 1.43 bits per heavy atom. The lowest BCUT2D eigenvalue weighted by atomic mass is 9.93. The molecule has 0 radical (unpaired) electrons. The lowest BCUT2D eigenvalue weighted by molar-refractivity contribution is 0.133.